The molecule has 2 rings (SSSR count). The lowest BCUT2D eigenvalue weighted by atomic mass is 9.96. The van der Waals surface area contributed by atoms with Gasteiger partial charge in [-0.2, -0.15) is 5.10 Å². The standard InChI is InChI=1S/C14H23N3O2/c1-9-7-10(2)17(16-9)11(3)13(19)15-14(4,8-18)12-5-6-12/h7,11-12,18H,5-6,8H2,1-4H3,(H,15,19). The molecule has 5 heteroatoms. The number of carbonyl (C=O) groups is 1. The molecule has 1 amide bonds. The van der Waals surface area contributed by atoms with E-state index in [1.165, 1.54) is 0 Å². The van der Waals surface area contributed by atoms with Crippen LogP contribution in [0.15, 0.2) is 6.07 Å². The highest BCUT2D eigenvalue weighted by Gasteiger charge is 2.42. The van der Waals surface area contributed by atoms with E-state index in [0.29, 0.717) is 5.92 Å². The Labute approximate surface area is 114 Å². The zero-order valence-electron chi connectivity index (χ0n) is 12.1. The maximum absolute atomic E-state index is 12.3. The van der Waals surface area contributed by atoms with Crippen LogP contribution in [0, 0.1) is 19.8 Å². The largest absolute Gasteiger partial charge is 0.394 e. The van der Waals surface area contributed by atoms with Crippen LogP contribution in [-0.4, -0.2) is 32.9 Å². The highest BCUT2D eigenvalue weighted by molar-refractivity contribution is 5.80. The molecule has 1 aliphatic rings. The van der Waals surface area contributed by atoms with Crippen LogP contribution in [0.2, 0.25) is 0 Å². The Hall–Kier alpha value is -1.36. The van der Waals surface area contributed by atoms with Crippen molar-refractivity contribution in [2.75, 3.05) is 6.61 Å². The predicted octanol–water partition coefficient (Wildman–Crippen LogP) is 1.34. The SMILES string of the molecule is Cc1cc(C)n(C(C)C(=O)NC(C)(CO)C2CC2)n1. The Balaban J connectivity index is 2.09. The Kier molecular flexibility index (Phi) is 3.67. The van der Waals surface area contributed by atoms with Crippen molar-refractivity contribution in [2.24, 2.45) is 5.92 Å². The predicted molar refractivity (Wildman–Crippen MR) is 72.8 cm³/mol. The highest BCUT2D eigenvalue weighted by Crippen LogP contribution is 2.39. The van der Waals surface area contributed by atoms with Crippen molar-refractivity contribution in [3.8, 4) is 0 Å². The molecular weight excluding hydrogens is 242 g/mol. The molecule has 2 atom stereocenters. The molecule has 0 saturated heterocycles. The zero-order valence-corrected chi connectivity index (χ0v) is 12.1. The van der Waals surface area contributed by atoms with Gasteiger partial charge >= 0.3 is 0 Å². The molecule has 0 radical (unpaired) electrons. The molecule has 1 aromatic rings. The topological polar surface area (TPSA) is 67.2 Å². The molecule has 2 N–H and O–H groups in total. The summed E-state index contributed by atoms with van der Waals surface area (Å²) in [7, 11) is 0. The molecule has 2 unspecified atom stereocenters. The molecule has 0 bridgehead atoms. The molecule has 0 aromatic carbocycles. The third-order valence-electron chi connectivity index (χ3n) is 4.01. The normalized spacial score (nSPS) is 19.8. The van der Waals surface area contributed by atoms with E-state index >= 15 is 0 Å². The third-order valence-corrected chi connectivity index (χ3v) is 4.01. The average Bonchev–Trinajstić information content (AvgIpc) is 3.15. The average molecular weight is 265 g/mol. The van der Waals surface area contributed by atoms with E-state index in [2.05, 4.69) is 10.4 Å². The summed E-state index contributed by atoms with van der Waals surface area (Å²) in [4.78, 5) is 12.3. The molecule has 0 aliphatic heterocycles. The van der Waals surface area contributed by atoms with Gasteiger partial charge in [-0.1, -0.05) is 0 Å². The van der Waals surface area contributed by atoms with E-state index in [9.17, 15) is 9.90 Å². The van der Waals surface area contributed by atoms with Gasteiger partial charge in [-0.25, -0.2) is 0 Å². The van der Waals surface area contributed by atoms with Gasteiger partial charge in [0.1, 0.15) is 6.04 Å². The first-order valence-electron chi connectivity index (χ1n) is 6.83. The van der Waals surface area contributed by atoms with Gasteiger partial charge in [0, 0.05) is 5.69 Å². The summed E-state index contributed by atoms with van der Waals surface area (Å²) >= 11 is 0. The fourth-order valence-electron chi connectivity index (χ4n) is 2.53. The van der Waals surface area contributed by atoms with E-state index in [1.807, 2.05) is 33.8 Å². The number of rotatable bonds is 5. The maximum Gasteiger partial charge on any atom is 0.245 e. The number of hydrogen-bond donors (Lipinski definition) is 2. The van der Waals surface area contributed by atoms with Crippen LogP contribution in [0.5, 0.6) is 0 Å². The van der Waals surface area contributed by atoms with E-state index < -0.39 is 5.54 Å². The number of aromatic nitrogens is 2. The minimum atomic E-state index is -0.499. The number of carbonyl (C=O) groups excluding carboxylic acids is 1. The van der Waals surface area contributed by atoms with Crippen molar-refractivity contribution >= 4 is 5.91 Å². The quantitative estimate of drug-likeness (QED) is 0.844. The fourth-order valence-corrected chi connectivity index (χ4v) is 2.53. The number of nitrogens with zero attached hydrogens (tertiary/aromatic N) is 2. The summed E-state index contributed by atoms with van der Waals surface area (Å²) in [5.74, 6) is 0.309. The summed E-state index contributed by atoms with van der Waals surface area (Å²) in [5, 5.41) is 16.8. The van der Waals surface area contributed by atoms with Crippen molar-refractivity contribution in [3.05, 3.63) is 17.5 Å². The molecular formula is C14H23N3O2. The number of nitrogens with one attached hydrogen (secondary N) is 1. The Morgan fingerprint density at radius 1 is 1.63 bits per heavy atom. The number of aliphatic hydroxyl groups excluding tert-OH is 1. The molecule has 106 valence electrons. The monoisotopic (exact) mass is 265 g/mol. The smallest absolute Gasteiger partial charge is 0.245 e. The van der Waals surface area contributed by atoms with Crippen LogP contribution < -0.4 is 5.32 Å². The van der Waals surface area contributed by atoms with Gasteiger partial charge in [0.25, 0.3) is 0 Å². The molecule has 5 nitrogen and oxygen atoms in total. The van der Waals surface area contributed by atoms with Crippen molar-refractivity contribution in [1.82, 2.24) is 15.1 Å². The molecule has 19 heavy (non-hydrogen) atoms. The number of aliphatic hydroxyl groups is 1. The summed E-state index contributed by atoms with van der Waals surface area (Å²) in [6.07, 6.45) is 2.15. The first kappa shape index (κ1) is 14.1. The van der Waals surface area contributed by atoms with E-state index in [0.717, 1.165) is 24.2 Å². The molecule has 1 aliphatic carbocycles. The van der Waals surface area contributed by atoms with Crippen molar-refractivity contribution < 1.29 is 9.90 Å². The lowest BCUT2D eigenvalue weighted by Gasteiger charge is -2.30. The Morgan fingerprint density at radius 3 is 2.68 bits per heavy atom. The fraction of sp³-hybridized carbons (Fsp3) is 0.714. The van der Waals surface area contributed by atoms with Crippen molar-refractivity contribution in [3.63, 3.8) is 0 Å². The van der Waals surface area contributed by atoms with Crippen LogP contribution in [0.4, 0.5) is 0 Å². The second-order valence-electron chi connectivity index (χ2n) is 5.89. The molecule has 1 aromatic heterocycles. The van der Waals surface area contributed by atoms with Gasteiger partial charge in [-0.3, -0.25) is 9.48 Å². The molecule has 1 fully saturated rings. The lowest BCUT2D eigenvalue weighted by Crippen LogP contribution is -2.52. The first-order chi connectivity index (χ1) is 8.87. The lowest BCUT2D eigenvalue weighted by molar-refractivity contribution is -0.126. The Morgan fingerprint density at radius 2 is 2.26 bits per heavy atom. The summed E-state index contributed by atoms with van der Waals surface area (Å²) in [5.41, 5.74) is 1.38. The molecule has 1 heterocycles. The summed E-state index contributed by atoms with van der Waals surface area (Å²) in [6, 6.07) is 1.59. The Bertz CT molecular complexity index is 479. The number of aryl methyl sites for hydroxylation is 2. The minimum absolute atomic E-state index is 0.0206. The highest BCUT2D eigenvalue weighted by atomic mass is 16.3. The van der Waals surface area contributed by atoms with Gasteiger partial charge in [-0.15, -0.1) is 0 Å². The van der Waals surface area contributed by atoms with Crippen molar-refractivity contribution in [1.29, 1.82) is 0 Å². The maximum atomic E-state index is 12.3. The van der Waals surface area contributed by atoms with Gasteiger partial charge < -0.3 is 10.4 Å². The van der Waals surface area contributed by atoms with Crippen LogP contribution in [-0.2, 0) is 4.79 Å². The van der Waals surface area contributed by atoms with Gasteiger partial charge in [0.05, 0.1) is 17.8 Å². The van der Waals surface area contributed by atoms with Crippen LogP contribution in [0.25, 0.3) is 0 Å². The van der Waals surface area contributed by atoms with Crippen LogP contribution in [0.3, 0.4) is 0 Å². The summed E-state index contributed by atoms with van der Waals surface area (Å²) in [6.45, 7) is 7.58. The third kappa shape index (κ3) is 2.81. The first-order valence-corrected chi connectivity index (χ1v) is 6.83. The minimum Gasteiger partial charge on any atom is -0.394 e. The van der Waals surface area contributed by atoms with E-state index in [-0.39, 0.29) is 18.6 Å². The van der Waals surface area contributed by atoms with Crippen LogP contribution >= 0.6 is 0 Å². The van der Waals surface area contributed by atoms with Gasteiger partial charge in [0.15, 0.2) is 0 Å². The van der Waals surface area contributed by atoms with E-state index in [4.69, 9.17) is 0 Å². The molecule has 0 spiro atoms. The van der Waals surface area contributed by atoms with Crippen LogP contribution in [0.1, 0.15) is 44.1 Å². The van der Waals surface area contributed by atoms with Gasteiger partial charge in [-0.05, 0) is 52.5 Å². The van der Waals surface area contributed by atoms with Crippen molar-refractivity contribution in [2.45, 2.75) is 52.1 Å². The van der Waals surface area contributed by atoms with Gasteiger partial charge in [0.2, 0.25) is 5.91 Å². The molecule has 1 saturated carbocycles. The number of amides is 1. The summed E-state index contributed by atoms with van der Waals surface area (Å²) < 4.78 is 1.73. The zero-order chi connectivity index (χ0) is 14.2. The second kappa shape index (κ2) is 4.96. The second-order valence-corrected chi connectivity index (χ2v) is 5.89. The van der Waals surface area contributed by atoms with E-state index in [1.54, 1.807) is 4.68 Å². The number of hydrogen-bond acceptors (Lipinski definition) is 3.